The second-order valence-corrected chi connectivity index (χ2v) is 4.55. The molecule has 0 radical (unpaired) electrons. The number of hydrogen-bond acceptors (Lipinski definition) is 3. The van der Waals surface area contributed by atoms with Crippen molar-refractivity contribution in [3.05, 3.63) is 0 Å². The lowest BCUT2D eigenvalue weighted by molar-refractivity contribution is 0.254. The Morgan fingerprint density at radius 1 is 1.46 bits per heavy atom. The molecule has 3 N–H and O–H groups in total. The molecule has 0 aromatic heterocycles. The molecular formula is C7H18N2O3S. The molecule has 0 saturated heterocycles. The topological polar surface area (TPSA) is 78.4 Å². The lowest BCUT2D eigenvalue weighted by Gasteiger charge is -2.13. The minimum absolute atomic E-state index is 0.0970. The van der Waals surface area contributed by atoms with Gasteiger partial charge in [0.15, 0.2) is 0 Å². The largest absolute Gasteiger partial charge is 0.396 e. The molecule has 0 bridgehead atoms. The molecule has 0 aliphatic rings. The van der Waals surface area contributed by atoms with Crippen LogP contribution in [0.15, 0.2) is 0 Å². The number of aliphatic hydroxyl groups excluding tert-OH is 1. The summed E-state index contributed by atoms with van der Waals surface area (Å²) in [6, 6.07) is 0. The van der Waals surface area contributed by atoms with Gasteiger partial charge in [0.05, 0.1) is 0 Å². The first kappa shape index (κ1) is 12.8. The summed E-state index contributed by atoms with van der Waals surface area (Å²) >= 11 is 0. The first-order valence-electron chi connectivity index (χ1n) is 4.34. The van der Waals surface area contributed by atoms with Crippen molar-refractivity contribution in [2.24, 2.45) is 5.92 Å². The fourth-order valence-corrected chi connectivity index (χ4v) is 1.53. The van der Waals surface area contributed by atoms with Gasteiger partial charge in [-0.05, 0) is 12.3 Å². The van der Waals surface area contributed by atoms with Crippen LogP contribution in [0.25, 0.3) is 0 Å². The summed E-state index contributed by atoms with van der Waals surface area (Å²) in [4.78, 5) is 0. The summed E-state index contributed by atoms with van der Waals surface area (Å²) in [6.45, 7) is 2.44. The molecular weight excluding hydrogens is 192 g/mol. The maximum Gasteiger partial charge on any atom is 0.276 e. The van der Waals surface area contributed by atoms with Crippen LogP contribution in [0.1, 0.15) is 19.8 Å². The third kappa shape index (κ3) is 5.98. The van der Waals surface area contributed by atoms with Crippen LogP contribution in [0.2, 0.25) is 0 Å². The lowest BCUT2D eigenvalue weighted by atomic mass is 10.0. The lowest BCUT2D eigenvalue weighted by Crippen LogP contribution is -2.37. The minimum Gasteiger partial charge on any atom is -0.396 e. The molecule has 80 valence electrons. The third-order valence-corrected chi connectivity index (χ3v) is 3.03. The van der Waals surface area contributed by atoms with Crippen molar-refractivity contribution in [3.8, 4) is 0 Å². The molecule has 0 aliphatic heterocycles. The normalized spacial score (nSPS) is 14.4. The van der Waals surface area contributed by atoms with Crippen LogP contribution in [0.3, 0.4) is 0 Å². The second-order valence-electron chi connectivity index (χ2n) is 2.84. The Morgan fingerprint density at radius 3 is 2.46 bits per heavy atom. The highest BCUT2D eigenvalue weighted by Crippen LogP contribution is 2.05. The van der Waals surface area contributed by atoms with E-state index >= 15 is 0 Å². The van der Waals surface area contributed by atoms with E-state index < -0.39 is 10.2 Å². The molecule has 0 aromatic rings. The zero-order valence-corrected chi connectivity index (χ0v) is 8.89. The number of nitrogens with one attached hydrogen (secondary N) is 2. The van der Waals surface area contributed by atoms with Crippen LogP contribution in [-0.2, 0) is 10.2 Å². The predicted octanol–water partition coefficient (Wildman–Crippen LogP) is -0.551. The van der Waals surface area contributed by atoms with Crippen LogP contribution in [0, 0.1) is 5.92 Å². The van der Waals surface area contributed by atoms with Crippen LogP contribution >= 0.6 is 0 Å². The number of hydrogen-bond donors (Lipinski definition) is 3. The van der Waals surface area contributed by atoms with Crippen LogP contribution in [0.4, 0.5) is 0 Å². The predicted molar refractivity (Wildman–Crippen MR) is 51.5 cm³/mol. The van der Waals surface area contributed by atoms with Crippen LogP contribution in [-0.4, -0.2) is 33.7 Å². The van der Waals surface area contributed by atoms with Crippen molar-refractivity contribution in [3.63, 3.8) is 0 Å². The van der Waals surface area contributed by atoms with Gasteiger partial charge < -0.3 is 5.11 Å². The first-order valence-corrected chi connectivity index (χ1v) is 5.83. The Morgan fingerprint density at radius 2 is 2.08 bits per heavy atom. The van der Waals surface area contributed by atoms with Crippen molar-refractivity contribution in [1.29, 1.82) is 0 Å². The number of rotatable bonds is 7. The van der Waals surface area contributed by atoms with Crippen molar-refractivity contribution in [2.75, 3.05) is 20.2 Å². The zero-order valence-electron chi connectivity index (χ0n) is 8.08. The maximum absolute atomic E-state index is 10.9. The van der Waals surface area contributed by atoms with Crippen molar-refractivity contribution < 1.29 is 13.5 Å². The van der Waals surface area contributed by atoms with Crippen molar-refractivity contribution >= 4 is 10.2 Å². The summed E-state index contributed by atoms with van der Waals surface area (Å²) in [7, 11) is -1.97. The highest BCUT2D eigenvalue weighted by molar-refractivity contribution is 7.87. The van der Waals surface area contributed by atoms with Gasteiger partial charge in [0.2, 0.25) is 0 Å². The van der Waals surface area contributed by atoms with Gasteiger partial charge in [-0.25, -0.2) is 9.44 Å². The van der Waals surface area contributed by atoms with E-state index in [0.29, 0.717) is 13.0 Å². The van der Waals surface area contributed by atoms with Gasteiger partial charge >= 0.3 is 0 Å². The Hall–Kier alpha value is -0.170. The highest BCUT2D eigenvalue weighted by Gasteiger charge is 2.10. The molecule has 0 aromatic carbocycles. The van der Waals surface area contributed by atoms with Crippen molar-refractivity contribution in [2.45, 2.75) is 19.8 Å². The van der Waals surface area contributed by atoms with Gasteiger partial charge in [-0.15, -0.1) is 0 Å². The average Bonchev–Trinajstić information content (AvgIpc) is 2.12. The quantitative estimate of drug-likeness (QED) is 0.527. The summed E-state index contributed by atoms with van der Waals surface area (Å²) < 4.78 is 26.4. The van der Waals surface area contributed by atoms with Gasteiger partial charge in [0.1, 0.15) is 0 Å². The standard InChI is InChI=1S/C7H18N2O3S/c1-3-7(4-5-10)6-9-13(11,12)8-2/h7-10H,3-6H2,1-2H3. The van der Waals surface area contributed by atoms with Gasteiger partial charge in [-0.2, -0.15) is 8.42 Å². The molecule has 0 aliphatic carbocycles. The Labute approximate surface area is 79.7 Å². The van der Waals surface area contributed by atoms with Crippen LogP contribution < -0.4 is 9.44 Å². The summed E-state index contributed by atoms with van der Waals surface area (Å²) in [6.07, 6.45) is 1.48. The zero-order chi connectivity index (χ0) is 10.3. The minimum atomic E-state index is -3.32. The summed E-state index contributed by atoms with van der Waals surface area (Å²) in [5.41, 5.74) is 0. The molecule has 0 amide bonds. The van der Waals surface area contributed by atoms with Gasteiger partial charge in [0, 0.05) is 20.2 Å². The number of aliphatic hydroxyl groups is 1. The van der Waals surface area contributed by atoms with Gasteiger partial charge in [-0.3, -0.25) is 0 Å². The molecule has 0 saturated carbocycles. The molecule has 6 heteroatoms. The molecule has 5 nitrogen and oxygen atoms in total. The van der Waals surface area contributed by atoms with E-state index in [0.717, 1.165) is 6.42 Å². The fraction of sp³-hybridized carbons (Fsp3) is 1.00. The van der Waals surface area contributed by atoms with Crippen LogP contribution in [0.5, 0.6) is 0 Å². The molecule has 0 fully saturated rings. The Kier molecular flexibility index (Phi) is 6.23. The van der Waals surface area contributed by atoms with Gasteiger partial charge in [-0.1, -0.05) is 13.3 Å². The molecule has 1 atom stereocenters. The van der Waals surface area contributed by atoms with Crippen molar-refractivity contribution in [1.82, 2.24) is 9.44 Å². The Balaban J connectivity index is 3.84. The highest BCUT2D eigenvalue weighted by atomic mass is 32.2. The monoisotopic (exact) mass is 210 g/mol. The first-order chi connectivity index (χ1) is 6.05. The fourth-order valence-electron chi connectivity index (χ4n) is 0.933. The molecule has 0 spiro atoms. The average molecular weight is 210 g/mol. The third-order valence-electron chi connectivity index (χ3n) is 1.95. The van der Waals surface area contributed by atoms with E-state index in [1.807, 2.05) is 6.92 Å². The molecule has 0 heterocycles. The van der Waals surface area contributed by atoms with E-state index in [1.54, 1.807) is 0 Å². The van der Waals surface area contributed by atoms with E-state index in [2.05, 4.69) is 9.44 Å². The summed E-state index contributed by atoms with van der Waals surface area (Å²) in [5, 5.41) is 8.66. The molecule has 0 rings (SSSR count). The SMILES string of the molecule is CCC(CCO)CNS(=O)(=O)NC. The Bertz CT molecular complexity index is 216. The van der Waals surface area contributed by atoms with E-state index in [4.69, 9.17) is 5.11 Å². The molecule has 1 unspecified atom stereocenters. The summed E-state index contributed by atoms with van der Waals surface area (Å²) in [5.74, 6) is 0.202. The smallest absolute Gasteiger partial charge is 0.276 e. The maximum atomic E-state index is 10.9. The van der Waals surface area contributed by atoms with E-state index in [9.17, 15) is 8.42 Å². The van der Waals surface area contributed by atoms with E-state index in [1.165, 1.54) is 7.05 Å². The van der Waals surface area contributed by atoms with Gasteiger partial charge in [0.25, 0.3) is 10.2 Å². The van der Waals surface area contributed by atoms with E-state index in [-0.39, 0.29) is 12.5 Å². The second kappa shape index (κ2) is 6.31. The molecule has 13 heavy (non-hydrogen) atoms.